The Morgan fingerprint density at radius 3 is 2.31 bits per heavy atom. The van der Waals surface area contributed by atoms with E-state index < -0.39 is 22.4 Å². The summed E-state index contributed by atoms with van der Waals surface area (Å²) in [7, 11) is 0. The van der Waals surface area contributed by atoms with Crippen LogP contribution in [0.4, 0.5) is 4.39 Å². The van der Waals surface area contributed by atoms with Crippen molar-refractivity contribution in [2.24, 2.45) is 0 Å². The highest BCUT2D eigenvalue weighted by Gasteiger charge is 2.19. The van der Waals surface area contributed by atoms with Crippen molar-refractivity contribution in [2.75, 3.05) is 0 Å². The summed E-state index contributed by atoms with van der Waals surface area (Å²) in [5.41, 5.74) is -0.394. The zero-order chi connectivity index (χ0) is 10.2. The second kappa shape index (κ2) is 3.70. The predicted molar refractivity (Wildman–Crippen MR) is 48.4 cm³/mol. The van der Waals surface area contributed by atoms with E-state index in [0.717, 1.165) is 6.07 Å². The molecular weight excluding hydrogens is 241 g/mol. The van der Waals surface area contributed by atoms with Crippen molar-refractivity contribution in [2.45, 2.75) is 0 Å². The molecule has 0 amide bonds. The van der Waals surface area contributed by atoms with Gasteiger partial charge in [-0.1, -0.05) is 34.8 Å². The van der Waals surface area contributed by atoms with Gasteiger partial charge >= 0.3 is 5.97 Å². The van der Waals surface area contributed by atoms with Gasteiger partial charge in [0.05, 0.1) is 20.6 Å². The molecule has 0 fully saturated rings. The van der Waals surface area contributed by atoms with Crippen LogP contribution in [0.3, 0.4) is 0 Å². The number of carboxylic acids is 1. The normalized spacial score (nSPS) is 10.2. The molecule has 0 aromatic heterocycles. The van der Waals surface area contributed by atoms with E-state index in [0.29, 0.717) is 0 Å². The Bertz CT molecular complexity index is 378. The van der Waals surface area contributed by atoms with E-state index in [1.54, 1.807) is 0 Å². The number of benzene rings is 1. The van der Waals surface area contributed by atoms with Crippen LogP contribution < -0.4 is 0 Å². The fraction of sp³-hybridized carbons (Fsp3) is 0. The maximum atomic E-state index is 12.8. The van der Waals surface area contributed by atoms with Crippen molar-refractivity contribution in [1.82, 2.24) is 0 Å². The summed E-state index contributed by atoms with van der Waals surface area (Å²) in [4.78, 5) is 10.6. The molecule has 1 N–H and O–H groups in total. The molecule has 0 unspecified atom stereocenters. The standard InChI is InChI=1S/C7H2Cl3FO2/c8-2-1-3(11)5(9)6(10)4(2)7(12)13/h1H,(H,12,13). The molecule has 0 heterocycles. The van der Waals surface area contributed by atoms with Gasteiger partial charge in [0.15, 0.2) is 0 Å². The van der Waals surface area contributed by atoms with Crippen molar-refractivity contribution in [3.8, 4) is 0 Å². The Kier molecular flexibility index (Phi) is 3.01. The SMILES string of the molecule is O=C(O)c1c(Cl)cc(F)c(Cl)c1Cl. The molecule has 70 valence electrons. The molecule has 0 radical (unpaired) electrons. The molecule has 0 spiro atoms. The smallest absolute Gasteiger partial charge is 0.338 e. The van der Waals surface area contributed by atoms with Crippen LogP contribution in [0.1, 0.15) is 10.4 Å². The number of hydrogen-bond donors (Lipinski definition) is 1. The van der Waals surface area contributed by atoms with Crippen LogP contribution in [0.5, 0.6) is 0 Å². The van der Waals surface area contributed by atoms with Crippen LogP contribution in [-0.2, 0) is 0 Å². The number of carbonyl (C=O) groups is 1. The van der Waals surface area contributed by atoms with Crippen molar-refractivity contribution in [1.29, 1.82) is 0 Å². The van der Waals surface area contributed by atoms with Gasteiger partial charge in [0.1, 0.15) is 5.82 Å². The van der Waals surface area contributed by atoms with Crippen LogP contribution in [0.25, 0.3) is 0 Å². The topological polar surface area (TPSA) is 37.3 Å². The number of halogens is 4. The van der Waals surface area contributed by atoms with Gasteiger partial charge in [0.2, 0.25) is 0 Å². The quantitative estimate of drug-likeness (QED) is 0.605. The number of rotatable bonds is 1. The van der Waals surface area contributed by atoms with Gasteiger partial charge in [0.25, 0.3) is 0 Å². The minimum atomic E-state index is -1.35. The first-order valence-electron chi connectivity index (χ1n) is 3.01. The Balaban J connectivity index is 3.53. The van der Waals surface area contributed by atoms with Gasteiger partial charge in [-0.15, -0.1) is 0 Å². The maximum absolute atomic E-state index is 12.8. The average molecular weight is 243 g/mol. The first-order chi connectivity index (χ1) is 5.95. The summed E-state index contributed by atoms with van der Waals surface area (Å²) in [6.07, 6.45) is 0. The molecule has 0 bridgehead atoms. The Hall–Kier alpha value is -0.510. The maximum Gasteiger partial charge on any atom is 0.338 e. The van der Waals surface area contributed by atoms with E-state index in [2.05, 4.69) is 0 Å². The third-order valence-electron chi connectivity index (χ3n) is 1.33. The molecule has 0 atom stereocenters. The molecule has 0 aliphatic heterocycles. The lowest BCUT2D eigenvalue weighted by molar-refractivity contribution is 0.0697. The first kappa shape index (κ1) is 10.6. The summed E-state index contributed by atoms with van der Waals surface area (Å²) in [5.74, 6) is -2.20. The summed E-state index contributed by atoms with van der Waals surface area (Å²) >= 11 is 16.3. The third kappa shape index (κ3) is 1.88. The summed E-state index contributed by atoms with van der Waals surface area (Å²) < 4.78 is 12.8. The highest BCUT2D eigenvalue weighted by Crippen LogP contribution is 2.33. The lowest BCUT2D eigenvalue weighted by atomic mass is 10.2. The lowest BCUT2D eigenvalue weighted by Gasteiger charge is -2.04. The van der Waals surface area contributed by atoms with Crippen LogP contribution in [0.2, 0.25) is 15.1 Å². The van der Waals surface area contributed by atoms with Gasteiger partial charge in [0, 0.05) is 0 Å². The van der Waals surface area contributed by atoms with Gasteiger partial charge < -0.3 is 5.11 Å². The van der Waals surface area contributed by atoms with Crippen LogP contribution in [-0.4, -0.2) is 11.1 Å². The third-order valence-corrected chi connectivity index (χ3v) is 2.47. The molecule has 0 saturated carbocycles. The predicted octanol–water partition coefficient (Wildman–Crippen LogP) is 3.48. The fourth-order valence-corrected chi connectivity index (χ4v) is 1.50. The molecular formula is C7H2Cl3FO2. The van der Waals surface area contributed by atoms with Gasteiger partial charge in [-0.3, -0.25) is 0 Å². The molecule has 0 aliphatic carbocycles. The Morgan fingerprint density at radius 2 is 1.85 bits per heavy atom. The molecule has 13 heavy (non-hydrogen) atoms. The average Bonchev–Trinajstić information content (AvgIpc) is 1.99. The number of carboxylic acid groups (broad SMARTS) is 1. The van der Waals surface area contributed by atoms with E-state index in [9.17, 15) is 9.18 Å². The van der Waals surface area contributed by atoms with Crippen molar-refractivity contribution >= 4 is 40.8 Å². The monoisotopic (exact) mass is 242 g/mol. The molecule has 2 nitrogen and oxygen atoms in total. The van der Waals surface area contributed by atoms with Crippen molar-refractivity contribution in [3.63, 3.8) is 0 Å². The van der Waals surface area contributed by atoms with E-state index in [1.807, 2.05) is 0 Å². The molecule has 1 aromatic carbocycles. The Labute approximate surface area is 87.8 Å². The highest BCUT2D eigenvalue weighted by atomic mass is 35.5. The Morgan fingerprint density at radius 1 is 1.31 bits per heavy atom. The summed E-state index contributed by atoms with van der Waals surface area (Å²) in [6, 6.07) is 0.805. The molecule has 6 heteroatoms. The van der Waals surface area contributed by atoms with Crippen molar-refractivity contribution < 1.29 is 14.3 Å². The lowest BCUT2D eigenvalue weighted by Crippen LogP contribution is -2.00. The summed E-state index contributed by atoms with van der Waals surface area (Å²) in [5, 5.41) is 7.50. The first-order valence-corrected chi connectivity index (χ1v) is 4.14. The molecule has 1 aromatic rings. The fourth-order valence-electron chi connectivity index (χ4n) is 0.762. The molecule has 0 aliphatic rings. The van der Waals surface area contributed by atoms with Crippen LogP contribution in [0, 0.1) is 5.82 Å². The van der Waals surface area contributed by atoms with Gasteiger partial charge in [-0.05, 0) is 6.07 Å². The van der Waals surface area contributed by atoms with E-state index >= 15 is 0 Å². The second-order valence-electron chi connectivity index (χ2n) is 2.15. The zero-order valence-electron chi connectivity index (χ0n) is 5.94. The highest BCUT2D eigenvalue weighted by molar-refractivity contribution is 6.46. The van der Waals surface area contributed by atoms with Gasteiger partial charge in [-0.2, -0.15) is 0 Å². The number of hydrogen-bond acceptors (Lipinski definition) is 1. The second-order valence-corrected chi connectivity index (χ2v) is 3.31. The summed E-state index contributed by atoms with van der Waals surface area (Å²) in [6.45, 7) is 0. The number of aromatic carboxylic acids is 1. The molecule has 1 rings (SSSR count). The van der Waals surface area contributed by atoms with E-state index in [4.69, 9.17) is 39.9 Å². The van der Waals surface area contributed by atoms with Crippen LogP contribution in [0.15, 0.2) is 6.07 Å². The minimum Gasteiger partial charge on any atom is -0.478 e. The van der Waals surface area contributed by atoms with Gasteiger partial charge in [-0.25, -0.2) is 9.18 Å². The largest absolute Gasteiger partial charge is 0.478 e. The minimum absolute atomic E-state index is 0.278. The van der Waals surface area contributed by atoms with Crippen LogP contribution >= 0.6 is 34.8 Å². The van der Waals surface area contributed by atoms with Crippen molar-refractivity contribution in [3.05, 3.63) is 32.5 Å². The molecule has 0 saturated heterocycles. The van der Waals surface area contributed by atoms with E-state index in [1.165, 1.54) is 0 Å². The van der Waals surface area contributed by atoms with E-state index in [-0.39, 0.29) is 10.0 Å². The zero-order valence-corrected chi connectivity index (χ0v) is 8.21.